The lowest BCUT2D eigenvalue weighted by Crippen LogP contribution is -2.27. The van der Waals surface area contributed by atoms with Crippen LogP contribution in [0.3, 0.4) is 0 Å². The zero-order valence-electron chi connectivity index (χ0n) is 14.5. The number of benzene rings is 2. The van der Waals surface area contributed by atoms with Gasteiger partial charge in [-0.2, -0.15) is 8.78 Å². The molecule has 5 nitrogen and oxygen atoms in total. The van der Waals surface area contributed by atoms with Crippen LogP contribution in [0, 0.1) is 0 Å². The summed E-state index contributed by atoms with van der Waals surface area (Å²) in [5.41, 5.74) is 1.33. The summed E-state index contributed by atoms with van der Waals surface area (Å²) in [7, 11) is 1.32. The highest BCUT2D eigenvalue weighted by Crippen LogP contribution is 2.36. The van der Waals surface area contributed by atoms with Crippen LogP contribution in [0.25, 0.3) is 6.08 Å². The number of methoxy groups -OCH3 is 1. The maximum absolute atomic E-state index is 12.6. The maximum atomic E-state index is 12.6. The first-order valence-electron chi connectivity index (χ1n) is 8.00. The molecular formula is C19H14BrF2NO4S. The van der Waals surface area contributed by atoms with Crippen molar-refractivity contribution in [3.63, 3.8) is 0 Å². The average Bonchev–Trinajstić information content (AvgIpc) is 2.91. The van der Waals surface area contributed by atoms with Gasteiger partial charge in [-0.3, -0.25) is 14.5 Å². The molecule has 0 radical (unpaired) electrons. The largest absolute Gasteiger partial charge is 0.493 e. The summed E-state index contributed by atoms with van der Waals surface area (Å²) < 4.78 is 35.1. The third-order valence-corrected chi connectivity index (χ3v) is 5.54. The minimum absolute atomic E-state index is 0.0986. The molecule has 2 aromatic carbocycles. The van der Waals surface area contributed by atoms with Crippen LogP contribution < -0.4 is 9.47 Å². The van der Waals surface area contributed by atoms with Crippen molar-refractivity contribution in [3.8, 4) is 11.5 Å². The lowest BCUT2D eigenvalue weighted by molar-refractivity contribution is -0.123. The number of nitrogens with zero attached hydrogens (tertiary/aromatic N) is 1. The molecule has 2 aromatic rings. The smallest absolute Gasteiger partial charge is 0.387 e. The van der Waals surface area contributed by atoms with E-state index in [9.17, 15) is 18.4 Å². The van der Waals surface area contributed by atoms with E-state index in [0.717, 1.165) is 26.7 Å². The van der Waals surface area contributed by atoms with E-state index in [4.69, 9.17) is 4.74 Å². The van der Waals surface area contributed by atoms with Crippen LogP contribution in [0.5, 0.6) is 11.5 Å². The van der Waals surface area contributed by atoms with E-state index in [-0.39, 0.29) is 28.2 Å². The van der Waals surface area contributed by atoms with Crippen LogP contribution in [0.1, 0.15) is 11.1 Å². The third kappa shape index (κ3) is 4.53. The first kappa shape index (κ1) is 20.3. The second-order valence-electron chi connectivity index (χ2n) is 5.65. The number of hydrogen-bond acceptors (Lipinski definition) is 5. The zero-order valence-corrected chi connectivity index (χ0v) is 16.9. The molecule has 0 aliphatic carbocycles. The topological polar surface area (TPSA) is 55.8 Å². The van der Waals surface area contributed by atoms with E-state index in [1.54, 1.807) is 0 Å². The van der Waals surface area contributed by atoms with Gasteiger partial charge in [-0.15, -0.1) is 0 Å². The maximum Gasteiger partial charge on any atom is 0.387 e. The molecule has 1 saturated heterocycles. The molecule has 9 heteroatoms. The van der Waals surface area contributed by atoms with E-state index in [0.29, 0.717) is 5.56 Å². The van der Waals surface area contributed by atoms with Gasteiger partial charge in [-0.1, -0.05) is 40.2 Å². The summed E-state index contributed by atoms with van der Waals surface area (Å²) in [5.74, 6) is -0.434. The van der Waals surface area contributed by atoms with Crippen molar-refractivity contribution in [2.45, 2.75) is 13.2 Å². The molecule has 3 rings (SSSR count). The lowest BCUT2D eigenvalue weighted by atomic mass is 10.1. The molecular weight excluding hydrogens is 456 g/mol. The summed E-state index contributed by atoms with van der Waals surface area (Å²) in [6.07, 6.45) is 1.51. The Morgan fingerprint density at radius 2 is 1.93 bits per heavy atom. The Bertz CT molecular complexity index is 951. The fourth-order valence-electron chi connectivity index (χ4n) is 2.55. The molecule has 28 heavy (non-hydrogen) atoms. The molecule has 146 valence electrons. The molecule has 0 aromatic heterocycles. The quantitative estimate of drug-likeness (QED) is 0.537. The van der Waals surface area contributed by atoms with Gasteiger partial charge in [0.2, 0.25) is 0 Å². The van der Waals surface area contributed by atoms with Gasteiger partial charge in [-0.25, -0.2) is 0 Å². The number of halogens is 3. The molecule has 1 fully saturated rings. The van der Waals surface area contributed by atoms with Gasteiger partial charge >= 0.3 is 6.61 Å². The van der Waals surface area contributed by atoms with E-state index >= 15 is 0 Å². The molecule has 0 N–H and O–H groups in total. The fraction of sp³-hybridized carbons (Fsp3) is 0.158. The van der Waals surface area contributed by atoms with Gasteiger partial charge in [0.25, 0.3) is 11.1 Å². The number of ether oxygens (including phenoxy) is 2. The highest BCUT2D eigenvalue weighted by molar-refractivity contribution is 9.10. The van der Waals surface area contributed by atoms with Crippen LogP contribution in [-0.4, -0.2) is 29.8 Å². The number of thioether (sulfide) groups is 1. The second kappa shape index (κ2) is 8.74. The molecule has 1 heterocycles. The number of alkyl halides is 2. The summed E-state index contributed by atoms with van der Waals surface area (Å²) in [6.45, 7) is -2.83. The number of carbonyl (C=O) groups excluding carboxylic acids is 2. The average molecular weight is 470 g/mol. The monoisotopic (exact) mass is 469 g/mol. The highest BCUT2D eigenvalue weighted by atomic mass is 79.9. The van der Waals surface area contributed by atoms with Crippen molar-refractivity contribution >= 4 is 44.9 Å². The van der Waals surface area contributed by atoms with E-state index in [1.807, 2.05) is 24.3 Å². The van der Waals surface area contributed by atoms with Crippen LogP contribution in [0.2, 0.25) is 0 Å². The predicted octanol–water partition coefficient (Wildman–Crippen LogP) is 5.30. The number of hydrogen-bond donors (Lipinski definition) is 0. The summed E-state index contributed by atoms with van der Waals surface area (Å²) in [4.78, 5) is 26.3. The van der Waals surface area contributed by atoms with Gasteiger partial charge in [0.15, 0.2) is 11.5 Å². The van der Waals surface area contributed by atoms with Crippen molar-refractivity contribution in [2.75, 3.05) is 7.11 Å². The number of carbonyl (C=O) groups is 2. The Kier molecular flexibility index (Phi) is 6.35. The van der Waals surface area contributed by atoms with Crippen molar-refractivity contribution in [1.82, 2.24) is 4.90 Å². The minimum atomic E-state index is -2.98. The van der Waals surface area contributed by atoms with E-state index in [2.05, 4.69) is 20.7 Å². The Morgan fingerprint density at radius 1 is 1.18 bits per heavy atom. The Labute approximate surface area is 172 Å². The van der Waals surface area contributed by atoms with Gasteiger partial charge in [0.1, 0.15) is 0 Å². The molecule has 0 spiro atoms. The molecule has 0 unspecified atom stereocenters. The van der Waals surface area contributed by atoms with Crippen molar-refractivity contribution in [2.24, 2.45) is 0 Å². The molecule has 0 atom stereocenters. The Hall–Kier alpha value is -2.39. The third-order valence-electron chi connectivity index (χ3n) is 3.86. The summed E-state index contributed by atoms with van der Waals surface area (Å²) in [5, 5.41) is -0.378. The zero-order chi connectivity index (χ0) is 20.3. The van der Waals surface area contributed by atoms with Gasteiger partial charge in [0, 0.05) is 4.47 Å². The van der Waals surface area contributed by atoms with E-state index < -0.39 is 12.5 Å². The van der Waals surface area contributed by atoms with E-state index in [1.165, 1.54) is 31.4 Å². The molecule has 1 aliphatic rings. The molecule has 1 aliphatic heterocycles. The van der Waals surface area contributed by atoms with Gasteiger partial charge < -0.3 is 9.47 Å². The highest BCUT2D eigenvalue weighted by Gasteiger charge is 2.35. The van der Waals surface area contributed by atoms with Crippen LogP contribution in [0.4, 0.5) is 13.6 Å². The van der Waals surface area contributed by atoms with Crippen LogP contribution >= 0.6 is 27.7 Å². The van der Waals surface area contributed by atoms with Gasteiger partial charge in [0.05, 0.1) is 18.6 Å². The van der Waals surface area contributed by atoms with Crippen molar-refractivity contribution in [3.05, 3.63) is 63.0 Å². The summed E-state index contributed by atoms with van der Waals surface area (Å²) >= 11 is 4.22. The summed E-state index contributed by atoms with van der Waals surface area (Å²) in [6, 6.07) is 11.6. The first-order chi connectivity index (χ1) is 13.4. The lowest BCUT2D eigenvalue weighted by Gasteiger charge is -2.13. The minimum Gasteiger partial charge on any atom is -0.493 e. The van der Waals surface area contributed by atoms with Crippen LogP contribution in [0.15, 0.2) is 51.8 Å². The van der Waals surface area contributed by atoms with Gasteiger partial charge in [-0.05, 0) is 47.2 Å². The fourth-order valence-corrected chi connectivity index (χ4v) is 3.80. The number of rotatable bonds is 6. The number of amides is 2. The SMILES string of the molecule is COc1cc(/C=C2\SC(=O)N(Cc3ccccc3Br)C2=O)ccc1OC(F)F. The molecule has 2 amide bonds. The first-order valence-corrected chi connectivity index (χ1v) is 9.61. The molecule has 0 bridgehead atoms. The van der Waals surface area contributed by atoms with Crippen molar-refractivity contribution in [1.29, 1.82) is 0 Å². The predicted molar refractivity (Wildman–Crippen MR) is 105 cm³/mol. The molecule has 0 saturated carbocycles. The Balaban J connectivity index is 1.82. The normalized spacial score (nSPS) is 15.6. The standard InChI is InChI=1S/C19H14BrF2NO4S/c1-26-15-8-11(6-7-14(15)27-18(21)22)9-16-17(24)23(19(25)28-16)10-12-4-2-3-5-13(12)20/h2-9,18H,10H2,1H3/b16-9-. The second-order valence-corrected chi connectivity index (χ2v) is 7.50. The van der Waals surface area contributed by atoms with Crippen molar-refractivity contribution < 1.29 is 27.8 Å². The Morgan fingerprint density at radius 3 is 2.61 bits per heavy atom. The van der Waals surface area contributed by atoms with Crippen LogP contribution in [-0.2, 0) is 11.3 Å². The number of imide groups is 1.